The maximum Gasteiger partial charge on any atom is 0.238 e. The van der Waals surface area contributed by atoms with Crippen LogP contribution in [0.3, 0.4) is 0 Å². The Bertz CT molecular complexity index is 688. The van der Waals surface area contributed by atoms with E-state index in [-0.39, 0.29) is 5.91 Å². The number of amides is 1. The molecule has 0 aromatic heterocycles. The molecule has 1 amide bonds. The van der Waals surface area contributed by atoms with Crippen molar-refractivity contribution in [2.24, 2.45) is 11.8 Å². The summed E-state index contributed by atoms with van der Waals surface area (Å²) in [5.74, 6) is 2.76. The van der Waals surface area contributed by atoms with Crippen molar-refractivity contribution in [3.63, 3.8) is 0 Å². The smallest absolute Gasteiger partial charge is 0.238 e. The summed E-state index contributed by atoms with van der Waals surface area (Å²) >= 11 is 5.33. The average Bonchev–Trinajstić information content (AvgIpc) is 2.73. The summed E-state index contributed by atoms with van der Waals surface area (Å²) in [6.07, 6.45) is 4.39. The number of carbonyl (C=O) groups is 1. The second-order valence-electron chi connectivity index (χ2n) is 7.55. The van der Waals surface area contributed by atoms with Crippen molar-refractivity contribution in [1.29, 1.82) is 0 Å². The topological polar surface area (TPSA) is 80.9 Å². The van der Waals surface area contributed by atoms with E-state index in [4.69, 9.17) is 26.4 Å². The van der Waals surface area contributed by atoms with E-state index >= 15 is 0 Å². The molecule has 0 radical (unpaired) electrons. The van der Waals surface area contributed by atoms with Crippen molar-refractivity contribution >= 4 is 23.2 Å². The van der Waals surface area contributed by atoms with Gasteiger partial charge in [-0.05, 0) is 54.6 Å². The minimum absolute atomic E-state index is 0.145. The maximum atomic E-state index is 12.2. The van der Waals surface area contributed by atoms with Crippen molar-refractivity contribution in [3.05, 3.63) is 17.7 Å². The van der Waals surface area contributed by atoms with Crippen LogP contribution < -0.4 is 30.4 Å². The number of hydrazine groups is 1. The Morgan fingerprint density at radius 2 is 1.72 bits per heavy atom. The first-order valence-corrected chi connectivity index (χ1v) is 10.4. The maximum absolute atomic E-state index is 12.2. The molecule has 0 saturated heterocycles. The van der Waals surface area contributed by atoms with Crippen LogP contribution >= 0.6 is 12.2 Å². The van der Waals surface area contributed by atoms with Gasteiger partial charge in [0.1, 0.15) is 0 Å². The van der Waals surface area contributed by atoms with Crippen LogP contribution in [0.25, 0.3) is 0 Å². The van der Waals surface area contributed by atoms with Crippen LogP contribution in [0.15, 0.2) is 12.1 Å². The minimum Gasteiger partial charge on any atom is -0.493 e. The lowest BCUT2D eigenvalue weighted by molar-refractivity contribution is -0.121. The van der Waals surface area contributed by atoms with E-state index in [1.807, 2.05) is 12.1 Å². The molecule has 1 aromatic carbocycles. The van der Waals surface area contributed by atoms with Crippen LogP contribution in [0.1, 0.15) is 45.1 Å². The van der Waals surface area contributed by atoms with E-state index in [0.717, 1.165) is 12.0 Å². The normalized spacial score (nSPS) is 21.1. The zero-order valence-electron chi connectivity index (χ0n) is 18.0. The van der Waals surface area contributed by atoms with E-state index in [2.05, 4.69) is 30.0 Å². The van der Waals surface area contributed by atoms with Crippen molar-refractivity contribution in [1.82, 2.24) is 16.2 Å². The second-order valence-corrected chi connectivity index (χ2v) is 7.96. The summed E-state index contributed by atoms with van der Waals surface area (Å²) in [5.41, 5.74) is 6.40. The molecule has 0 heterocycles. The predicted molar refractivity (Wildman–Crippen MR) is 117 cm³/mol. The van der Waals surface area contributed by atoms with Gasteiger partial charge in [0.25, 0.3) is 0 Å². The summed E-state index contributed by atoms with van der Waals surface area (Å²) in [7, 11) is 4.70. The number of hydrogen-bond acceptors (Lipinski definition) is 5. The van der Waals surface area contributed by atoms with Crippen LogP contribution in [0, 0.1) is 11.8 Å². The Hall–Kier alpha value is -2.22. The molecule has 3 atom stereocenters. The van der Waals surface area contributed by atoms with E-state index in [1.54, 1.807) is 21.3 Å². The highest BCUT2D eigenvalue weighted by molar-refractivity contribution is 7.80. The molecule has 0 spiro atoms. The van der Waals surface area contributed by atoms with Crippen LogP contribution in [-0.4, -0.2) is 38.4 Å². The molecule has 0 unspecified atom stereocenters. The van der Waals surface area contributed by atoms with Crippen LogP contribution in [0.2, 0.25) is 0 Å². The molecular weight excluding hydrogens is 390 g/mol. The first-order chi connectivity index (χ1) is 13.9. The summed E-state index contributed by atoms with van der Waals surface area (Å²) in [6, 6.07) is 4.04. The Morgan fingerprint density at radius 3 is 2.31 bits per heavy atom. The molecule has 1 fully saturated rings. The zero-order chi connectivity index (χ0) is 21.4. The van der Waals surface area contributed by atoms with Gasteiger partial charge in [0.05, 0.1) is 21.3 Å². The van der Waals surface area contributed by atoms with Crippen LogP contribution in [0.5, 0.6) is 17.2 Å². The third-order valence-electron chi connectivity index (χ3n) is 5.70. The van der Waals surface area contributed by atoms with Gasteiger partial charge in [-0.25, -0.2) is 0 Å². The van der Waals surface area contributed by atoms with Gasteiger partial charge < -0.3 is 19.5 Å². The molecule has 7 nitrogen and oxygen atoms in total. The Morgan fingerprint density at radius 1 is 1.07 bits per heavy atom. The largest absolute Gasteiger partial charge is 0.493 e. The third-order valence-corrected chi connectivity index (χ3v) is 5.92. The lowest BCUT2D eigenvalue weighted by Crippen LogP contribution is -2.52. The van der Waals surface area contributed by atoms with Crippen molar-refractivity contribution in [2.45, 2.75) is 52.0 Å². The Balaban J connectivity index is 1.82. The van der Waals surface area contributed by atoms with Crippen molar-refractivity contribution in [2.75, 3.05) is 21.3 Å². The Labute approximate surface area is 178 Å². The van der Waals surface area contributed by atoms with Gasteiger partial charge in [-0.15, -0.1) is 0 Å². The minimum atomic E-state index is -0.145. The summed E-state index contributed by atoms with van der Waals surface area (Å²) < 4.78 is 16.0. The highest BCUT2D eigenvalue weighted by Crippen LogP contribution is 2.38. The first kappa shape index (κ1) is 23.1. The van der Waals surface area contributed by atoms with Gasteiger partial charge in [-0.1, -0.05) is 26.7 Å². The van der Waals surface area contributed by atoms with Gasteiger partial charge in [-0.2, -0.15) is 0 Å². The number of thiocarbonyl (C=S) groups is 1. The molecule has 0 bridgehead atoms. The summed E-state index contributed by atoms with van der Waals surface area (Å²) in [4.78, 5) is 12.2. The number of benzene rings is 1. The Kier molecular flexibility index (Phi) is 8.82. The standard InChI is InChI=1S/C21H33N3O4S/c1-13-7-6-8-16(14(13)2)22-21(29)24-23-19(25)10-9-15-11-17(26-3)20(28-5)18(12-15)27-4/h11-14,16H,6-10H2,1-5H3,(H,23,25)(H2,22,24,29)/t13-,14+,16-/m0/s1. The fourth-order valence-corrected chi connectivity index (χ4v) is 3.92. The summed E-state index contributed by atoms with van der Waals surface area (Å²) in [6.45, 7) is 4.53. The fourth-order valence-electron chi connectivity index (χ4n) is 3.72. The predicted octanol–water partition coefficient (Wildman–Crippen LogP) is 2.97. The zero-order valence-corrected chi connectivity index (χ0v) is 18.8. The number of ether oxygens (including phenoxy) is 3. The van der Waals surface area contributed by atoms with Gasteiger partial charge in [0, 0.05) is 12.5 Å². The molecule has 1 saturated carbocycles. The van der Waals surface area contributed by atoms with Crippen molar-refractivity contribution < 1.29 is 19.0 Å². The highest BCUT2D eigenvalue weighted by atomic mass is 32.1. The van der Waals surface area contributed by atoms with E-state index in [9.17, 15) is 4.79 Å². The van der Waals surface area contributed by atoms with E-state index in [1.165, 1.54) is 12.8 Å². The van der Waals surface area contributed by atoms with Crippen LogP contribution in [0.4, 0.5) is 0 Å². The number of methoxy groups -OCH3 is 3. The molecule has 3 N–H and O–H groups in total. The van der Waals surface area contributed by atoms with Gasteiger partial charge in [0.2, 0.25) is 11.7 Å². The number of hydrogen-bond donors (Lipinski definition) is 3. The highest BCUT2D eigenvalue weighted by Gasteiger charge is 2.27. The van der Waals surface area contributed by atoms with E-state index < -0.39 is 0 Å². The quantitative estimate of drug-likeness (QED) is 0.459. The van der Waals surface area contributed by atoms with Gasteiger partial charge >= 0.3 is 0 Å². The molecule has 0 aliphatic heterocycles. The van der Waals surface area contributed by atoms with Crippen LogP contribution in [-0.2, 0) is 11.2 Å². The van der Waals surface area contributed by atoms with Gasteiger partial charge in [-0.3, -0.25) is 15.6 Å². The molecule has 1 aromatic rings. The fraction of sp³-hybridized carbons (Fsp3) is 0.619. The molecule has 162 valence electrons. The number of aryl methyl sites for hydroxylation is 1. The SMILES string of the molecule is COc1cc(CCC(=O)NNC(=S)N[C@H]2CCC[C@H](C)[C@H]2C)cc(OC)c1OC. The van der Waals surface area contributed by atoms with E-state index in [0.29, 0.717) is 53.1 Å². The monoisotopic (exact) mass is 423 g/mol. The lowest BCUT2D eigenvalue weighted by Gasteiger charge is -2.35. The van der Waals surface area contributed by atoms with Crippen molar-refractivity contribution in [3.8, 4) is 17.2 Å². The van der Waals surface area contributed by atoms with Gasteiger partial charge in [0.15, 0.2) is 16.6 Å². The molecular formula is C21H33N3O4S. The molecule has 2 rings (SSSR count). The lowest BCUT2D eigenvalue weighted by atomic mass is 9.78. The molecule has 1 aliphatic rings. The first-order valence-electron chi connectivity index (χ1n) is 10.0. The second kappa shape index (κ2) is 11.1. The average molecular weight is 424 g/mol. The number of rotatable bonds is 7. The molecule has 8 heteroatoms. The third kappa shape index (κ3) is 6.39. The molecule has 29 heavy (non-hydrogen) atoms. The summed E-state index contributed by atoms with van der Waals surface area (Å²) in [5, 5.41) is 3.79. The number of carbonyl (C=O) groups excluding carboxylic acids is 1. The molecule has 1 aliphatic carbocycles. The number of nitrogens with one attached hydrogen (secondary N) is 3.